The zero-order chi connectivity index (χ0) is 10.4. The van der Waals surface area contributed by atoms with Crippen LogP contribution in [0.15, 0.2) is 24.4 Å². The fourth-order valence-electron chi connectivity index (χ4n) is 2.29. The zero-order valence-electron chi connectivity index (χ0n) is 8.23. The van der Waals surface area contributed by atoms with Crippen molar-refractivity contribution in [2.75, 3.05) is 0 Å². The standard InChI is InChI=1S/C12H11NO2/c14-10-7-13-11(15)6-2-4-8-3-1-5-9(10)12(8)13/h1,3,5,7,14H,2,4,6H2. The van der Waals surface area contributed by atoms with Crippen LogP contribution in [-0.4, -0.2) is 15.6 Å². The van der Waals surface area contributed by atoms with Crippen molar-refractivity contribution in [1.82, 2.24) is 4.57 Å². The Morgan fingerprint density at radius 2 is 2.13 bits per heavy atom. The normalized spacial score (nSPS) is 15.6. The molecule has 0 spiro atoms. The van der Waals surface area contributed by atoms with E-state index in [0.717, 1.165) is 29.3 Å². The third-order valence-corrected chi connectivity index (χ3v) is 2.99. The SMILES string of the molecule is O=C1CCCc2cccc3c(O)cn1c23. The minimum atomic E-state index is 0.0743. The van der Waals surface area contributed by atoms with E-state index in [-0.39, 0.29) is 11.7 Å². The highest BCUT2D eigenvalue weighted by Crippen LogP contribution is 2.32. The first-order chi connectivity index (χ1) is 7.27. The number of carbonyl (C=O) groups is 1. The maximum atomic E-state index is 11.8. The molecule has 2 aromatic rings. The van der Waals surface area contributed by atoms with Crippen LogP contribution in [0.5, 0.6) is 5.75 Å². The van der Waals surface area contributed by atoms with Gasteiger partial charge < -0.3 is 5.11 Å². The molecule has 0 saturated carbocycles. The van der Waals surface area contributed by atoms with Crippen LogP contribution in [0.1, 0.15) is 23.2 Å². The van der Waals surface area contributed by atoms with Crippen LogP contribution in [0, 0.1) is 0 Å². The molecule has 0 fully saturated rings. The van der Waals surface area contributed by atoms with E-state index in [0.29, 0.717) is 6.42 Å². The maximum absolute atomic E-state index is 11.8. The topological polar surface area (TPSA) is 42.2 Å². The number of aromatic nitrogens is 1. The third-order valence-electron chi connectivity index (χ3n) is 2.99. The summed E-state index contributed by atoms with van der Waals surface area (Å²) in [5.74, 6) is 0.271. The lowest BCUT2D eigenvalue weighted by Gasteiger charge is -2.01. The average molecular weight is 201 g/mol. The number of hydrogen-bond donors (Lipinski definition) is 1. The van der Waals surface area contributed by atoms with Crippen LogP contribution in [-0.2, 0) is 6.42 Å². The van der Waals surface area contributed by atoms with Gasteiger partial charge in [0.05, 0.1) is 11.7 Å². The number of rotatable bonds is 0. The van der Waals surface area contributed by atoms with Crippen molar-refractivity contribution >= 4 is 16.8 Å². The van der Waals surface area contributed by atoms with Gasteiger partial charge in [-0.15, -0.1) is 0 Å². The Morgan fingerprint density at radius 3 is 3.00 bits per heavy atom. The lowest BCUT2D eigenvalue weighted by molar-refractivity contribution is 0.0907. The molecule has 0 atom stereocenters. The molecule has 1 N–H and O–H groups in total. The van der Waals surface area contributed by atoms with Gasteiger partial charge in [-0.25, -0.2) is 0 Å². The minimum absolute atomic E-state index is 0.0743. The maximum Gasteiger partial charge on any atom is 0.231 e. The van der Waals surface area contributed by atoms with Crippen LogP contribution in [0.25, 0.3) is 10.9 Å². The molecule has 3 rings (SSSR count). The van der Waals surface area contributed by atoms with Gasteiger partial charge in [0.1, 0.15) is 5.75 Å². The number of aryl methyl sites for hydroxylation is 1. The molecule has 15 heavy (non-hydrogen) atoms. The van der Waals surface area contributed by atoms with E-state index >= 15 is 0 Å². The monoisotopic (exact) mass is 201 g/mol. The molecule has 76 valence electrons. The van der Waals surface area contributed by atoms with E-state index in [2.05, 4.69) is 0 Å². The van der Waals surface area contributed by atoms with Gasteiger partial charge in [-0.05, 0) is 24.5 Å². The Hall–Kier alpha value is -1.77. The Labute approximate surface area is 86.9 Å². The van der Waals surface area contributed by atoms with Crippen molar-refractivity contribution in [3.05, 3.63) is 30.0 Å². The minimum Gasteiger partial charge on any atom is -0.506 e. The molecule has 3 nitrogen and oxygen atoms in total. The Morgan fingerprint density at radius 1 is 1.27 bits per heavy atom. The summed E-state index contributed by atoms with van der Waals surface area (Å²) in [6, 6.07) is 5.80. The van der Waals surface area contributed by atoms with E-state index in [1.165, 1.54) is 6.20 Å². The van der Waals surface area contributed by atoms with E-state index in [9.17, 15) is 9.90 Å². The Kier molecular flexibility index (Phi) is 1.63. The predicted molar refractivity (Wildman–Crippen MR) is 57.2 cm³/mol. The summed E-state index contributed by atoms with van der Waals surface area (Å²) in [4.78, 5) is 11.8. The van der Waals surface area contributed by atoms with Crippen LogP contribution in [0.3, 0.4) is 0 Å². The molecular weight excluding hydrogens is 190 g/mol. The van der Waals surface area contributed by atoms with Gasteiger partial charge in [0, 0.05) is 11.8 Å². The Bertz CT molecular complexity index is 554. The van der Waals surface area contributed by atoms with Crippen molar-refractivity contribution < 1.29 is 9.90 Å². The molecule has 0 bridgehead atoms. The average Bonchev–Trinajstić information content (AvgIpc) is 2.48. The van der Waals surface area contributed by atoms with Gasteiger partial charge in [-0.2, -0.15) is 0 Å². The summed E-state index contributed by atoms with van der Waals surface area (Å²) in [6.07, 6.45) is 3.88. The summed E-state index contributed by atoms with van der Waals surface area (Å²) in [6.45, 7) is 0. The van der Waals surface area contributed by atoms with Gasteiger partial charge in [-0.3, -0.25) is 9.36 Å². The molecule has 0 aliphatic carbocycles. The van der Waals surface area contributed by atoms with Crippen molar-refractivity contribution in [3.8, 4) is 5.75 Å². The summed E-state index contributed by atoms with van der Waals surface area (Å²) in [5.41, 5.74) is 2.04. The molecule has 0 unspecified atom stereocenters. The highest BCUT2D eigenvalue weighted by Gasteiger charge is 2.18. The molecule has 1 aliphatic heterocycles. The number of hydrogen-bond acceptors (Lipinski definition) is 2. The largest absolute Gasteiger partial charge is 0.506 e. The van der Waals surface area contributed by atoms with Crippen LogP contribution >= 0.6 is 0 Å². The molecule has 0 amide bonds. The predicted octanol–water partition coefficient (Wildman–Crippen LogP) is 2.32. The first-order valence-corrected chi connectivity index (χ1v) is 5.12. The van der Waals surface area contributed by atoms with E-state index in [4.69, 9.17) is 0 Å². The smallest absolute Gasteiger partial charge is 0.231 e. The van der Waals surface area contributed by atoms with Crippen molar-refractivity contribution in [1.29, 1.82) is 0 Å². The summed E-state index contributed by atoms with van der Waals surface area (Å²) in [5, 5.41) is 10.5. The summed E-state index contributed by atoms with van der Waals surface area (Å²) in [7, 11) is 0. The van der Waals surface area contributed by atoms with E-state index in [1.807, 2.05) is 18.2 Å². The van der Waals surface area contributed by atoms with Crippen LogP contribution < -0.4 is 0 Å². The number of nitrogens with zero attached hydrogens (tertiary/aromatic N) is 1. The van der Waals surface area contributed by atoms with E-state index < -0.39 is 0 Å². The first kappa shape index (κ1) is 8.53. The number of para-hydroxylation sites is 1. The molecular formula is C12H11NO2. The lowest BCUT2D eigenvalue weighted by atomic mass is 10.1. The first-order valence-electron chi connectivity index (χ1n) is 5.12. The number of carbonyl (C=O) groups excluding carboxylic acids is 1. The Balaban J connectivity index is 2.47. The molecule has 2 heterocycles. The van der Waals surface area contributed by atoms with Crippen LogP contribution in [0.2, 0.25) is 0 Å². The second-order valence-corrected chi connectivity index (χ2v) is 3.94. The highest BCUT2D eigenvalue weighted by atomic mass is 16.3. The van der Waals surface area contributed by atoms with Gasteiger partial charge in [-0.1, -0.05) is 12.1 Å². The lowest BCUT2D eigenvalue weighted by Crippen LogP contribution is -2.06. The second-order valence-electron chi connectivity index (χ2n) is 3.94. The third kappa shape index (κ3) is 1.09. The number of aromatic hydroxyl groups is 1. The quantitative estimate of drug-likeness (QED) is 0.710. The molecule has 0 radical (unpaired) electrons. The fraction of sp³-hybridized carbons (Fsp3) is 0.250. The van der Waals surface area contributed by atoms with Crippen molar-refractivity contribution in [2.45, 2.75) is 19.3 Å². The van der Waals surface area contributed by atoms with Gasteiger partial charge in [0.25, 0.3) is 0 Å². The highest BCUT2D eigenvalue weighted by molar-refractivity contribution is 5.98. The molecule has 1 aliphatic rings. The van der Waals surface area contributed by atoms with Gasteiger partial charge in [0.15, 0.2) is 0 Å². The van der Waals surface area contributed by atoms with Gasteiger partial charge in [0.2, 0.25) is 5.91 Å². The van der Waals surface area contributed by atoms with Crippen molar-refractivity contribution in [2.24, 2.45) is 0 Å². The number of benzene rings is 1. The fourth-order valence-corrected chi connectivity index (χ4v) is 2.29. The van der Waals surface area contributed by atoms with Crippen LogP contribution in [0.4, 0.5) is 0 Å². The van der Waals surface area contributed by atoms with E-state index in [1.54, 1.807) is 4.57 Å². The summed E-state index contributed by atoms with van der Waals surface area (Å²) >= 11 is 0. The van der Waals surface area contributed by atoms with Gasteiger partial charge >= 0.3 is 0 Å². The van der Waals surface area contributed by atoms with Crippen molar-refractivity contribution in [3.63, 3.8) is 0 Å². The molecule has 3 heteroatoms. The summed E-state index contributed by atoms with van der Waals surface area (Å²) < 4.78 is 1.59. The molecule has 1 aromatic heterocycles. The zero-order valence-corrected chi connectivity index (χ0v) is 8.23. The molecule has 0 saturated heterocycles. The molecule has 1 aromatic carbocycles. The second kappa shape index (κ2) is 2.86.